The minimum absolute atomic E-state index is 0.167. The molecule has 3 saturated heterocycles. The number of benzene rings is 1. The molecule has 9 heteroatoms. The second-order valence-corrected chi connectivity index (χ2v) is 10.6. The highest BCUT2D eigenvalue weighted by Crippen LogP contribution is 2.26. The number of rotatable bonds is 10. The molecule has 0 aliphatic carbocycles. The van der Waals surface area contributed by atoms with Crippen LogP contribution in [0.15, 0.2) is 40.9 Å². The third kappa shape index (κ3) is 7.77. The lowest BCUT2D eigenvalue weighted by molar-refractivity contribution is -0.122. The molecular formula is C28H42N6O3. The standard InChI is InChI=1S/C28H42N6O3/c35-28(30-8-9-32-14-16-36-17-15-32)19-23-6-7-29-21-24(23)18-25-20-27(37-31-25)22-33-10-12-34(13-11-33)26-4-2-1-3-5-26/h1-5,20,23-24,29H,6-19,21-22H2,(H,30,35)/t23-,24-/m0/s1. The predicted octanol–water partition coefficient (Wildman–Crippen LogP) is 1.60. The number of hydrogen-bond acceptors (Lipinski definition) is 8. The summed E-state index contributed by atoms with van der Waals surface area (Å²) in [6, 6.07) is 12.8. The van der Waals surface area contributed by atoms with Gasteiger partial charge in [-0.3, -0.25) is 14.6 Å². The first-order valence-corrected chi connectivity index (χ1v) is 14.0. The number of para-hydroxylation sites is 1. The SMILES string of the molecule is O=C(C[C@@H]1CCNC[C@@H]1Cc1cc(CN2CCN(c3ccccc3)CC2)on1)NCCN1CCOCC1. The van der Waals surface area contributed by atoms with Gasteiger partial charge in [-0.1, -0.05) is 23.4 Å². The molecule has 4 heterocycles. The third-order valence-corrected chi connectivity index (χ3v) is 8.02. The van der Waals surface area contributed by atoms with Crippen LogP contribution in [0, 0.1) is 11.8 Å². The van der Waals surface area contributed by atoms with Crippen molar-refractivity contribution in [1.29, 1.82) is 0 Å². The Morgan fingerprint density at radius 3 is 2.65 bits per heavy atom. The number of nitrogens with one attached hydrogen (secondary N) is 2. The number of aromatic nitrogens is 1. The lowest BCUT2D eigenvalue weighted by Crippen LogP contribution is -2.45. The first kappa shape index (κ1) is 26.2. The lowest BCUT2D eigenvalue weighted by atomic mass is 9.81. The Labute approximate surface area is 220 Å². The van der Waals surface area contributed by atoms with Gasteiger partial charge in [0.05, 0.1) is 25.5 Å². The van der Waals surface area contributed by atoms with Gasteiger partial charge in [-0.25, -0.2) is 0 Å². The number of hydrogen-bond donors (Lipinski definition) is 2. The third-order valence-electron chi connectivity index (χ3n) is 8.02. The zero-order valence-electron chi connectivity index (χ0n) is 21.9. The fourth-order valence-corrected chi connectivity index (χ4v) is 5.79. The molecule has 202 valence electrons. The van der Waals surface area contributed by atoms with Crippen molar-refractivity contribution in [3.63, 3.8) is 0 Å². The average molecular weight is 511 g/mol. The molecule has 0 bridgehead atoms. The molecule has 2 N–H and O–H groups in total. The summed E-state index contributed by atoms with van der Waals surface area (Å²) in [4.78, 5) is 19.9. The minimum atomic E-state index is 0.167. The number of nitrogens with zero attached hydrogens (tertiary/aromatic N) is 4. The van der Waals surface area contributed by atoms with Crippen LogP contribution < -0.4 is 15.5 Å². The second kappa shape index (κ2) is 13.4. The van der Waals surface area contributed by atoms with Gasteiger partial charge < -0.3 is 24.8 Å². The zero-order valence-corrected chi connectivity index (χ0v) is 21.9. The van der Waals surface area contributed by atoms with E-state index in [1.807, 2.05) is 0 Å². The highest BCUT2D eigenvalue weighted by atomic mass is 16.5. The van der Waals surface area contributed by atoms with Crippen molar-refractivity contribution < 1.29 is 14.1 Å². The Hall–Kier alpha value is -2.46. The zero-order chi connectivity index (χ0) is 25.3. The van der Waals surface area contributed by atoms with Gasteiger partial charge in [-0.05, 0) is 49.9 Å². The summed E-state index contributed by atoms with van der Waals surface area (Å²) in [5.41, 5.74) is 2.30. The fraction of sp³-hybridized carbons (Fsp3) is 0.643. The lowest BCUT2D eigenvalue weighted by Gasteiger charge is -2.35. The molecule has 37 heavy (non-hydrogen) atoms. The summed E-state index contributed by atoms with van der Waals surface area (Å²) in [7, 11) is 0. The number of amides is 1. The van der Waals surface area contributed by atoms with Crippen molar-refractivity contribution in [2.24, 2.45) is 11.8 Å². The van der Waals surface area contributed by atoms with E-state index >= 15 is 0 Å². The molecule has 3 aliphatic rings. The molecule has 1 aromatic carbocycles. The van der Waals surface area contributed by atoms with E-state index in [1.165, 1.54) is 5.69 Å². The summed E-state index contributed by atoms with van der Waals surface area (Å²) in [5, 5.41) is 11.1. The van der Waals surface area contributed by atoms with E-state index in [-0.39, 0.29) is 5.91 Å². The summed E-state index contributed by atoms with van der Waals surface area (Å²) >= 11 is 0. The molecule has 1 amide bonds. The van der Waals surface area contributed by atoms with E-state index in [9.17, 15) is 4.79 Å². The van der Waals surface area contributed by atoms with Gasteiger partial charge in [0, 0.05) is 70.5 Å². The second-order valence-electron chi connectivity index (χ2n) is 10.6. The number of piperidine rings is 1. The van der Waals surface area contributed by atoms with Crippen LogP contribution in [-0.2, 0) is 22.5 Å². The largest absolute Gasteiger partial charge is 0.379 e. The molecule has 0 spiro atoms. The Balaban J connectivity index is 1.05. The van der Waals surface area contributed by atoms with Gasteiger partial charge in [0.25, 0.3) is 0 Å². The maximum atomic E-state index is 12.7. The van der Waals surface area contributed by atoms with Gasteiger partial charge in [0.2, 0.25) is 5.91 Å². The van der Waals surface area contributed by atoms with Gasteiger partial charge >= 0.3 is 0 Å². The molecule has 0 unspecified atom stereocenters. The molecule has 0 saturated carbocycles. The van der Waals surface area contributed by atoms with Crippen molar-refractivity contribution >= 4 is 11.6 Å². The first-order chi connectivity index (χ1) is 18.2. The Morgan fingerprint density at radius 1 is 1.03 bits per heavy atom. The normalized spacial score (nSPS) is 23.7. The number of piperazine rings is 1. The molecule has 2 atom stereocenters. The maximum absolute atomic E-state index is 12.7. The van der Waals surface area contributed by atoms with Crippen LogP contribution in [0.4, 0.5) is 5.69 Å². The van der Waals surface area contributed by atoms with Crippen LogP contribution in [0.3, 0.4) is 0 Å². The highest BCUT2D eigenvalue weighted by Gasteiger charge is 2.28. The van der Waals surface area contributed by atoms with Gasteiger partial charge in [-0.2, -0.15) is 0 Å². The summed E-state index contributed by atoms with van der Waals surface area (Å²) in [6.45, 7) is 11.9. The predicted molar refractivity (Wildman–Crippen MR) is 143 cm³/mol. The molecule has 0 radical (unpaired) electrons. The summed E-state index contributed by atoms with van der Waals surface area (Å²) < 4.78 is 11.1. The molecule has 2 aromatic rings. The number of carbonyl (C=O) groups is 1. The first-order valence-electron chi connectivity index (χ1n) is 14.0. The van der Waals surface area contributed by atoms with Crippen LogP contribution >= 0.6 is 0 Å². The minimum Gasteiger partial charge on any atom is -0.379 e. The van der Waals surface area contributed by atoms with E-state index in [2.05, 4.69) is 66.9 Å². The van der Waals surface area contributed by atoms with Crippen LogP contribution in [0.25, 0.3) is 0 Å². The fourth-order valence-electron chi connectivity index (χ4n) is 5.79. The Morgan fingerprint density at radius 2 is 1.84 bits per heavy atom. The van der Waals surface area contributed by atoms with E-state index < -0.39 is 0 Å². The van der Waals surface area contributed by atoms with Gasteiger partial charge in [0.1, 0.15) is 0 Å². The van der Waals surface area contributed by atoms with Gasteiger partial charge in [-0.15, -0.1) is 0 Å². The van der Waals surface area contributed by atoms with Crippen LogP contribution in [0.1, 0.15) is 24.3 Å². The van der Waals surface area contributed by atoms with Crippen molar-refractivity contribution in [2.75, 3.05) is 83.6 Å². The Bertz CT molecular complexity index is 956. The topological polar surface area (TPSA) is 86.1 Å². The quantitative estimate of drug-likeness (QED) is 0.499. The van der Waals surface area contributed by atoms with Gasteiger partial charge in [0.15, 0.2) is 5.76 Å². The van der Waals surface area contributed by atoms with E-state index in [0.717, 1.165) is 103 Å². The molecule has 1 aromatic heterocycles. The molecular weight excluding hydrogens is 468 g/mol. The Kier molecular flexibility index (Phi) is 9.45. The number of ether oxygens (including phenoxy) is 1. The monoisotopic (exact) mass is 510 g/mol. The van der Waals surface area contributed by atoms with Crippen molar-refractivity contribution in [3.8, 4) is 0 Å². The summed E-state index contributed by atoms with van der Waals surface area (Å²) in [5.74, 6) is 1.87. The van der Waals surface area contributed by atoms with Crippen molar-refractivity contribution in [2.45, 2.75) is 25.8 Å². The van der Waals surface area contributed by atoms with Crippen molar-refractivity contribution in [3.05, 3.63) is 47.9 Å². The van der Waals surface area contributed by atoms with Crippen LogP contribution in [0.2, 0.25) is 0 Å². The molecule has 5 rings (SSSR count). The van der Waals surface area contributed by atoms with Crippen LogP contribution in [0.5, 0.6) is 0 Å². The molecule has 3 fully saturated rings. The maximum Gasteiger partial charge on any atom is 0.220 e. The number of anilines is 1. The van der Waals surface area contributed by atoms with Crippen LogP contribution in [-0.4, -0.2) is 99.5 Å². The number of morpholine rings is 1. The molecule has 9 nitrogen and oxygen atoms in total. The highest BCUT2D eigenvalue weighted by molar-refractivity contribution is 5.76. The summed E-state index contributed by atoms with van der Waals surface area (Å²) in [6.07, 6.45) is 2.47. The number of carbonyl (C=O) groups excluding carboxylic acids is 1. The van der Waals surface area contributed by atoms with E-state index in [0.29, 0.717) is 24.8 Å². The average Bonchev–Trinajstić information content (AvgIpc) is 3.38. The van der Waals surface area contributed by atoms with E-state index in [1.54, 1.807) is 0 Å². The van der Waals surface area contributed by atoms with E-state index in [4.69, 9.17) is 9.26 Å². The smallest absolute Gasteiger partial charge is 0.220 e. The molecule has 3 aliphatic heterocycles. The van der Waals surface area contributed by atoms with Crippen molar-refractivity contribution in [1.82, 2.24) is 25.6 Å².